The Bertz CT molecular complexity index is 528. The maximum absolute atomic E-state index is 12.5. The van der Waals surface area contributed by atoms with E-state index in [-0.39, 0.29) is 17.1 Å². The number of anilines is 1. The summed E-state index contributed by atoms with van der Waals surface area (Å²) in [5.41, 5.74) is -0.0589. The molecule has 0 saturated carbocycles. The van der Waals surface area contributed by atoms with Crippen LogP contribution in [0.1, 0.15) is 0 Å². The zero-order chi connectivity index (χ0) is 14.7. The van der Waals surface area contributed by atoms with Gasteiger partial charge in [0.15, 0.2) is 9.84 Å². The first-order valence-corrected chi connectivity index (χ1v) is 7.26. The molecule has 0 aliphatic heterocycles. The van der Waals surface area contributed by atoms with Crippen LogP contribution in [0, 0.1) is 0 Å². The van der Waals surface area contributed by atoms with Gasteiger partial charge in [-0.25, -0.2) is 8.42 Å². The van der Waals surface area contributed by atoms with Crippen LogP contribution in [-0.2, 0) is 9.84 Å². The standard InChI is InChI=1S/C11H14F3NO3S/c1-19(17,18)10-5-3-2-4-9(10)15(6-7-16)8-11(12,13)14/h2-5,16H,6-8H2,1H3. The fourth-order valence-electron chi connectivity index (χ4n) is 1.65. The van der Waals surface area contributed by atoms with Gasteiger partial charge in [-0.05, 0) is 12.1 Å². The second kappa shape index (κ2) is 5.79. The predicted octanol–water partition coefficient (Wildman–Crippen LogP) is 1.45. The highest BCUT2D eigenvalue weighted by molar-refractivity contribution is 7.90. The summed E-state index contributed by atoms with van der Waals surface area (Å²) in [5.74, 6) is 0. The molecule has 1 aromatic carbocycles. The van der Waals surface area contributed by atoms with Crippen LogP contribution in [0.2, 0.25) is 0 Å². The second-order valence-electron chi connectivity index (χ2n) is 4.00. The first kappa shape index (κ1) is 15.8. The van der Waals surface area contributed by atoms with Crippen molar-refractivity contribution in [3.05, 3.63) is 24.3 Å². The zero-order valence-electron chi connectivity index (χ0n) is 10.2. The van der Waals surface area contributed by atoms with Crippen LogP contribution >= 0.6 is 0 Å². The number of hydrogen-bond donors (Lipinski definition) is 1. The zero-order valence-corrected chi connectivity index (χ0v) is 11.0. The third-order valence-corrected chi connectivity index (χ3v) is 3.49. The average molecular weight is 297 g/mol. The third-order valence-electron chi connectivity index (χ3n) is 2.35. The van der Waals surface area contributed by atoms with Crippen molar-refractivity contribution in [2.45, 2.75) is 11.1 Å². The van der Waals surface area contributed by atoms with Gasteiger partial charge in [-0.2, -0.15) is 13.2 Å². The molecule has 1 rings (SSSR count). The number of alkyl halides is 3. The van der Waals surface area contributed by atoms with E-state index in [2.05, 4.69) is 0 Å². The van der Waals surface area contributed by atoms with E-state index in [0.717, 1.165) is 11.2 Å². The maximum atomic E-state index is 12.5. The summed E-state index contributed by atoms with van der Waals surface area (Å²) in [6.07, 6.45) is -3.56. The molecule has 19 heavy (non-hydrogen) atoms. The minimum atomic E-state index is -4.49. The predicted molar refractivity (Wildman–Crippen MR) is 64.9 cm³/mol. The highest BCUT2D eigenvalue weighted by Crippen LogP contribution is 2.28. The maximum Gasteiger partial charge on any atom is 0.405 e. The van der Waals surface area contributed by atoms with Gasteiger partial charge in [-0.15, -0.1) is 0 Å². The minimum absolute atomic E-state index is 0.0589. The van der Waals surface area contributed by atoms with Crippen LogP contribution in [0.3, 0.4) is 0 Å². The van der Waals surface area contributed by atoms with Crippen LogP contribution in [0.5, 0.6) is 0 Å². The lowest BCUT2D eigenvalue weighted by Gasteiger charge is -2.26. The summed E-state index contributed by atoms with van der Waals surface area (Å²) in [4.78, 5) is 0.615. The van der Waals surface area contributed by atoms with Gasteiger partial charge in [0.25, 0.3) is 0 Å². The minimum Gasteiger partial charge on any atom is -0.395 e. The van der Waals surface area contributed by atoms with Crippen LogP contribution in [-0.4, -0.2) is 45.7 Å². The lowest BCUT2D eigenvalue weighted by atomic mass is 10.3. The first-order valence-electron chi connectivity index (χ1n) is 5.37. The Balaban J connectivity index is 3.23. The summed E-state index contributed by atoms with van der Waals surface area (Å²) < 4.78 is 60.5. The SMILES string of the molecule is CS(=O)(=O)c1ccccc1N(CCO)CC(F)(F)F. The van der Waals surface area contributed by atoms with E-state index >= 15 is 0 Å². The molecule has 0 amide bonds. The highest BCUT2D eigenvalue weighted by Gasteiger charge is 2.32. The molecule has 0 spiro atoms. The van der Waals surface area contributed by atoms with Gasteiger partial charge in [-0.1, -0.05) is 12.1 Å². The molecule has 8 heteroatoms. The Labute approximate surface area is 109 Å². The van der Waals surface area contributed by atoms with Gasteiger partial charge in [0.1, 0.15) is 6.54 Å². The molecule has 0 bridgehead atoms. The summed E-state index contributed by atoms with van der Waals surface area (Å²) >= 11 is 0. The van der Waals surface area contributed by atoms with E-state index in [1.807, 2.05) is 0 Å². The number of nitrogens with zero attached hydrogens (tertiary/aromatic N) is 1. The fraction of sp³-hybridized carbons (Fsp3) is 0.455. The van der Waals surface area contributed by atoms with Gasteiger partial charge in [0, 0.05) is 12.8 Å². The quantitative estimate of drug-likeness (QED) is 0.894. The highest BCUT2D eigenvalue weighted by atomic mass is 32.2. The molecule has 1 N–H and O–H groups in total. The molecule has 0 atom stereocenters. The molecule has 0 aliphatic rings. The van der Waals surface area contributed by atoms with Gasteiger partial charge >= 0.3 is 6.18 Å². The molecular formula is C11H14F3NO3S. The molecular weight excluding hydrogens is 283 g/mol. The van der Waals surface area contributed by atoms with Crippen LogP contribution in [0.15, 0.2) is 29.2 Å². The van der Waals surface area contributed by atoms with Gasteiger partial charge < -0.3 is 10.0 Å². The summed E-state index contributed by atoms with van der Waals surface area (Å²) in [5, 5.41) is 8.83. The van der Waals surface area contributed by atoms with Crippen molar-refractivity contribution >= 4 is 15.5 Å². The number of para-hydroxylation sites is 1. The number of halogens is 3. The van der Waals surface area contributed by atoms with E-state index in [9.17, 15) is 21.6 Å². The van der Waals surface area contributed by atoms with Crippen molar-refractivity contribution in [1.29, 1.82) is 0 Å². The van der Waals surface area contributed by atoms with E-state index in [0.29, 0.717) is 0 Å². The van der Waals surface area contributed by atoms with E-state index in [1.165, 1.54) is 24.3 Å². The summed E-state index contributed by atoms with van der Waals surface area (Å²) in [7, 11) is -3.64. The van der Waals surface area contributed by atoms with Crippen LogP contribution in [0.4, 0.5) is 18.9 Å². The van der Waals surface area contributed by atoms with Crippen molar-refractivity contribution in [1.82, 2.24) is 0 Å². The Kier molecular flexibility index (Phi) is 4.81. The average Bonchev–Trinajstić information content (AvgIpc) is 2.25. The monoisotopic (exact) mass is 297 g/mol. The molecule has 1 aromatic rings. The lowest BCUT2D eigenvalue weighted by molar-refractivity contribution is -0.119. The van der Waals surface area contributed by atoms with Crippen LogP contribution < -0.4 is 4.90 Å². The molecule has 108 valence electrons. The number of sulfone groups is 1. The Hall–Kier alpha value is -1.28. The molecule has 0 aromatic heterocycles. The number of aliphatic hydroxyl groups excluding tert-OH is 1. The molecule has 4 nitrogen and oxygen atoms in total. The van der Waals surface area contributed by atoms with Crippen molar-refractivity contribution in [3.63, 3.8) is 0 Å². The smallest absolute Gasteiger partial charge is 0.395 e. The number of rotatable bonds is 5. The number of benzene rings is 1. The lowest BCUT2D eigenvalue weighted by Crippen LogP contribution is -2.37. The number of hydrogen-bond acceptors (Lipinski definition) is 4. The molecule has 0 radical (unpaired) electrons. The van der Waals surface area contributed by atoms with Crippen LogP contribution in [0.25, 0.3) is 0 Å². The Morgan fingerprint density at radius 1 is 1.26 bits per heavy atom. The van der Waals surface area contributed by atoms with Gasteiger partial charge in [-0.3, -0.25) is 0 Å². The third kappa shape index (κ3) is 4.71. The Morgan fingerprint density at radius 2 is 1.84 bits per heavy atom. The summed E-state index contributed by atoms with van der Waals surface area (Å²) in [6.45, 7) is -2.12. The first-order chi connectivity index (χ1) is 8.65. The Morgan fingerprint density at radius 3 is 2.32 bits per heavy atom. The van der Waals surface area contributed by atoms with E-state index < -0.39 is 29.2 Å². The van der Waals surface area contributed by atoms with Gasteiger partial charge in [0.05, 0.1) is 17.2 Å². The molecule has 0 unspecified atom stereocenters. The fourth-order valence-corrected chi connectivity index (χ4v) is 2.56. The topological polar surface area (TPSA) is 57.6 Å². The molecule has 0 saturated heterocycles. The van der Waals surface area contributed by atoms with Gasteiger partial charge in [0.2, 0.25) is 0 Å². The normalized spacial score (nSPS) is 12.5. The van der Waals surface area contributed by atoms with E-state index in [4.69, 9.17) is 5.11 Å². The number of aliphatic hydroxyl groups is 1. The molecule has 0 aliphatic carbocycles. The summed E-state index contributed by atoms with van der Waals surface area (Å²) in [6, 6.07) is 5.42. The van der Waals surface area contributed by atoms with E-state index in [1.54, 1.807) is 0 Å². The largest absolute Gasteiger partial charge is 0.405 e. The molecule has 0 fully saturated rings. The molecule has 0 heterocycles. The van der Waals surface area contributed by atoms with Crippen molar-refractivity contribution < 1.29 is 26.7 Å². The van der Waals surface area contributed by atoms with Crippen molar-refractivity contribution in [3.8, 4) is 0 Å². The van der Waals surface area contributed by atoms with Crippen molar-refractivity contribution in [2.24, 2.45) is 0 Å². The second-order valence-corrected chi connectivity index (χ2v) is 5.98. The van der Waals surface area contributed by atoms with Crippen molar-refractivity contribution in [2.75, 3.05) is 30.9 Å².